The van der Waals surface area contributed by atoms with Crippen molar-refractivity contribution < 1.29 is 0 Å². The molecule has 3 heteroatoms. The van der Waals surface area contributed by atoms with Crippen LogP contribution in [0.15, 0.2) is 29.4 Å². The number of fused-ring (bicyclic) bond motifs is 3. The van der Waals surface area contributed by atoms with E-state index in [0.717, 1.165) is 28.7 Å². The highest BCUT2D eigenvalue weighted by Crippen LogP contribution is 2.35. The minimum absolute atomic E-state index is 0.480. The molecule has 0 bridgehead atoms. The Morgan fingerprint density at radius 1 is 1.44 bits per heavy atom. The van der Waals surface area contributed by atoms with Crippen molar-refractivity contribution in [3.05, 3.63) is 30.0 Å². The molecule has 80 valence electrons. The molecule has 1 unspecified atom stereocenters. The van der Waals surface area contributed by atoms with E-state index in [-0.39, 0.29) is 0 Å². The van der Waals surface area contributed by atoms with E-state index in [1.807, 2.05) is 24.4 Å². The Morgan fingerprint density at radius 3 is 3.19 bits per heavy atom. The number of nitrogen functional groups attached to an aromatic ring is 1. The molecule has 0 aliphatic carbocycles. The Kier molecular flexibility index (Phi) is 1.93. The molecule has 1 aromatic carbocycles. The van der Waals surface area contributed by atoms with Gasteiger partial charge in [0.2, 0.25) is 0 Å². The molecule has 1 aliphatic rings. The smallest absolute Gasteiger partial charge is 0.0981 e. The molecule has 3 nitrogen and oxygen atoms in total. The second-order valence-electron chi connectivity index (χ2n) is 4.33. The first-order valence-corrected chi connectivity index (χ1v) is 5.46. The van der Waals surface area contributed by atoms with Crippen molar-refractivity contribution in [2.24, 2.45) is 10.9 Å². The van der Waals surface area contributed by atoms with Crippen LogP contribution in [-0.4, -0.2) is 11.2 Å². The molecular formula is C13H13N3. The Bertz CT molecular complexity index is 587. The second kappa shape index (κ2) is 3.30. The van der Waals surface area contributed by atoms with E-state index in [4.69, 9.17) is 5.73 Å². The summed E-state index contributed by atoms with van der Waals surface area (Å²) in [6, 6.07) is 5.93. The van der Waals surface area contributed by atoms with Crippen LogP contribution >= 0.6 is 0 Å². The molecule has 1 aromatic heterocycles. The van der Waals surface area contributed by atoms with Gasteiger partial charge in [0.15, 0.2) is 0 Å². The number of nitrogens with zero attached hydrogens (tertiary/aromatic N) is 2. The van der Waals surface area contributed by atoms with Gasteiger partial charge in [0.25, 0.3) is 0 Å². The predicted octanol–water partition coefficient (Wildman–Crippen LogP) is 2.71. The number of hydrogen-bond acceptors (Lipinski definition) is 3. The Hall–Kier alpha value is -1.90. The van der Waals surface area contributed by atoms with Crippen molar-refractivity contribution in [2.75, 3.05) is 5.73 Å². The molecule has 1 aliphatic heterocycles. The quantitative estimate of drug-likeness (QED) is 0.681. The van der Waals surface area contributed by atoms with Crippen molar-refractivity contribution >= 4 is 28.5 Å². The van der Waals surface area contributed by atoms with Gasteiger partial charge in [0.05, 0.1) is 11.2 Å². The first-order valence-electron chi connectivity index (χ1n) is 5.46. The molecule has 0 spiro atoms. The largest absolute Gasteiger partial charge is 0.398 e. The molecule has 0 fully saturated rings. The van der Waals surface area contributed by atoms with E-state index < -0.39 is 0 Å². The zero-order chi connectivity index (χ0) is 11.1. The summed E-state index contributed by atoms with van der Waals surface area (Å²) < 4.78 is 0. The summed E-state index contributed by atoms with van der Waals surface area (Å²) in [5.74, 6) is 0.480. The van der Waals surface area contributed by atoms with Crippen LogP contribution in [0, 0.1) is 5.92 Å². The normalized spacial score (nSPS) is 18.7. The number of benzene rings is 1. The van der Waals surface area contributed by atoms with Crippen LogP contribution in [0.25, 0.3) is 10.9 Å². The molecule has 0 radical (unpaired) electrons. The molecule has 2 heterocycles. The molecule has 16 heavy (non-hydrogen) atoms. The van der Waals surface area contributed by atoms with Gasteiger partial charge in [-0.2, -0.15) is 0 Å². The van der Waals surface area contributed by atoms with Crippen LogP contribution in [0.3, 0.4) is 0 Å². The first kappa shape index (κ1) is 9.33. The standard InChI is InChI=1S/C13H13N3/c1-8-5-9-6-11(14)10-3-2-4-15-13(10)12(9)16-7-8/h2-4,6-8H,5,14H2,1H3. The lowest BCUT2D eigenvalue weighted by Gasteiger charge is -2.17. The maximum absolute atomic E-state index is 6.03. The minimum atomic E-state index is 0.480. The summed E-state index contributed by atoms with van der Waals surface area (Å²) in [7, 11) is 0. The number of aliphatic imine (C=N–C) groups is 1. The molecule has 3 rings (SSSR count). The Balaban J connectivity index is 2.38. The van der Waals surface area contributed by atoms with Gasteiger partial charge < -0.3 is 5.73 Å². The topological polar surface area (TPSA) is 51.3 Å². The highest BCUT2D eigenvalue weighted by atomic mass is 14.8. The Labute approximate surface area is 94.0 Å². The Morgan fingerprint density at radius 2 is 2.31 bits per heavy atom. The third-order valence-electron chi connectivity index (χ3n) is 2.98. The third kappa shape index (κ3) is 1.28. The van der Waals surface area contributed by atoms with E-state index in [2.05, 4.69) is 16.9 Å². The van der Waals surface area contributed by atoms with Gasteiger partial charge in [-0.1, -0.05) is 6.92 Å². The van der Waals surface area contributed by atoms with Crippen LogP contribution in [0.4, 0.5) is 11.4 Å². The van der Waals surface area contributed by atoms with E-state index in [1.165, 1.54) is 5.56 Å². The molecule has 0 saturated heterocycles. The third-order valence-corrected chi connectivity index (χ3v) is 2.98. The molecule has 2 aromatic rings. The monoisotopic (exact) mass is 211 g/mol. The number of aromatic nitrogens is 1. The molecular weight excluding hydrogens is 198 g/mol. The number of rotatable bonds is 0. The van der Waals surface area contributed by atoms with Crippen molar-refractivity contribution in [2.45, 2.75) is 13.3 Å². The van der Waals surface area contributed by atoms with E-state index >= 15 is 0 Å². The number of hydrogen-bond donors (Lipinski definition) is 1. The number of pyridine rings is 1. The van der Waals surface area contributed by atoms with Gasteiger partial charge in [0.1, 0.15) is 0 Å². The average molecular weight is 211 g/mol. The van der Waals surface area contributed by atoms with E-state index in [1.54, 1.807) is 6.20 Å². The van der Waals surface area contributed by atoms with Gasteiger partial charge in [-0.25, -0.2) is 0 Å². The fraction of sp³-hybridized carbons (Fsp3) is 0.231. The van der Waals surface area contributed by atoms with Crippen molar-refractivity contribution in [3.63, 3.8) is 0 Å². The van der Waals surface area contributed by atoms with Gasteiger partial charge in [-0.15, -0.1) is 0 Å². The fourth-order valence-electron chi connectivity index (χ4n) is 2.21. The summed E-state index contributed by atoms with van der Waals surface area (Å²) in [5, 5.41) is 0.993. The molecule has 2 N–H and O–H groups in total. The van der Waals surface area contributed by atoms with Gasteiger partial charge in [-0.05, 0) is 36.1 Å². The van der Waals surface area contributed by atoms with Crippen molar-refractivity contribution in [1.29, 1.82) is 0 Å². The highest BCUT2D eigenvalue weighted by Gasteiger charge is 2.16. The highest BCUT2D eigenvalue weighted by molar-refractivity contribution is 6.00. The lowest BCUT2D eigenvalue weighted by atomic mass is 9.95. The lowest BCUT2D eigenvalue weighted by molar-refractivity contribution is 0.772. The SMILES string of the molecule is CC1C=Nc2c(cc(N)c3cccnc23)C1. The summed E-state index contributed by atoms with van der Waals surface area (Å²) >= 11 is 0. The lowest BCUT2D eigenvalue weighted by Crippen LogP contribution is -2.07. The fourth-order valence-corrected chi connectivity index (χ4v) is 2.21. The van der Waals surface area contributed by atoms with Gasteiger partial charge >= 0.3 is 0 Å². The number of nitrogens with two attached hydrogens (primary N) is 1. The van der Waals surface area contributed by atoms with Crippen molar-refractivity contribution in [3.8, 4) is 0 Å². The number of anilines is 1. The molecule has 0 amide bonds. The van der Waals surface area contributed by atoms with Crippen LogP contribution in [0.2, 0.25) is 0 Å². The molecule has 0 saturated carbocycles. The maximum atomic E-state index is 6.03. The van der Waals surface area contributed by atoms with Crippen LogP contribution in [0.1, 0.15) is 12.5 Å². The summed E-state index contributed by atoms with van der Waals surface area (Å²) in [6.07, 6.45) is 4.78. The zero-order valence-corrected chi connectivity index (χ0v) is 9.14. The summed E-state index contributed by atoms with van der Waals surface area (Å²) in [5.41, 5.74) is 9.94. The summed E-state index contributed by atoms with van der Waals surface area (Å²) in [4.78, 5) is 8.89. The van der Waals surface area contributed by atoms with E-state index in [9.17, 15) is 0 Å². The molecule has 1 atom stereocenters. The minimum Gasteiger partial charge on any atom is -0.398 e. The first-order chi connectivity index (χ1) is 7.75. The zero-order valence-electron chi connectivity index (χ0n) is 9.14. The van der Waals surface area contributed by atoms with Crippen LogP contribution < -0.4 is 5.73 Å². The predicted molar refractivity (Wildman–Crippen MR) is 67.2 cm³/mol. The second-order valence-corrected chi connectivity index (χ2v) is 4.33. The van der Waals surface area contributed by atoms with Crippen LogP contribution in [-0.2, 0) is 6.42 Å². The van der Waals surface area contributed by atoms with E-state index in [0.29, 0.717) is 5.92 Å². The van der Waals surface area contributed by atoms with Crippen molar-refractivity contribution in [1.82, 2.24) is 4.98 Å². The average Bonchev–Trinajstić information content (AvgIpc) is 2.29. The summed E-state index contributed by atoms with van der Waals surface area (Å²) in [6.45, 7) is 2.16. The van der Waals surface area contributed by atoms with Gasteiger partial charge in [-0.3, -0.25) is 9.98 Å². The van der Waals surface area contributed by atoms with Gasteiger partial charge in [0, 0.05) is 23.5 Å². The maximum Gasteiger partial charge on any atom is 0.0981 e. The van der Waals surface area contributed by atoms with Crippen LogP contribution in [0.5, 0.6) is 0 Å².